The number of benzene rings is 2. The molecule has 2 N–H and O–H groups in total. The summed E-state index contributed by atoms with van der Waals surface area (Å²) < 4.78 is 16.1. The van der Waals surface area contributed by atoms with Crippen molar-refractivity contribution in [2.45, 2.75) is 66.0 Å². The molecule has 218 valence electrons. The number of nitrogens with zero attached hydrogens (tertiary/aromatic N) is 4. The molecule has 1 aliphatic heterocycles. The third kappa shape index (κ3) is 5.27. The molecule has 1 saturated heterocycles. The highest BCUT2D eigenvalue weighted by atomic mass is 19.1. The summed E-state index contributed by atoms with van der Waals surface area (Å²) in [5.74, 6) is 2.72. The second kappa shape index (κ2) is 10.9. The molecule has 0 spiro atoms. The molecule has 41 heavy (non-hydrogen) atoms. The fourth-order valence-corrected chi connectivity index (χ4v) is 7.41. The van der Waals surface area contributed by atoms with E-state index in [1.807, 2.05) is 38.1 Å². The van der Waals surface area contributed by atoms with E-state index in [1.165, 1.54) is 12.5 Å². The highest BCUT2D eigenvalue weighted by molar-refractivity contribution is 5.96. The Morgan fingerprint density at radius 3 is 2.68 bits per heavy atom. The van der Waals surface area contributed by atoms with Crippen LogP contribution < -0.4 is 16.2 Å². The molecule has 2 bridgehead atoms. The lowest BCUT2D eigenvalue weighted by Gasteiger charge is -2.61. The van der Waals surface area contributed by atoms with E-state index in [9.17, 15) is 9.18 Å². The van der Waals surface area contributed by atoms with E-state index in [4.69, 9.17) is 4.99 Å². The number of nitrogens with one attached hydrogen (secondary N) is 2. The number of fused-ring (bicyclic) bond motifs is 3. The predicted molar refractivity (Wildman–Crippen MR) is 164 cm³/mol. The van der Waals surface area contributed by atoms with Gasteiger partial charge in [0.15, 0.2) is 5.96 Å². The number of aryl methyl sites for hydroxylation is 1. The van der Waals surface area contributed by atoms with E-state index in [0.29, 0.717) is 40.3 Å². The fourth-order valence-electron chi connectivity index (χ4n) is 7.41. The quantitative estimate of drug-likeness (QED) is 0.324. The number of aliphatic imine (C=N–C) groups is 1. The molecule has 3 aromatic rings. The van der Waals surface area contributed by atoms with E-state index in [2.05, 4.69) is 41.3 Å². The van der Waals surface area contributed by atoms with Gasteiger partial charge in [-0.3, -0.25) is 9.36 Å². The van der Waals surface area contributed by atoms with Crippen molar-refractivity contribution in [2.75, 3.05) is 31.5 Å². The summed E-state index contributed by atoms with van der Waals surface area (Å²) >= 11 is 0. The van der Waals surface area contributed by atoms with Gasteiger partial charge in [-0.05, 0) is 91.7 Å². The maximum absolute atomic E-state index is 14.5. The minimum atomic E-state index is -0.236. The molecular formula is C33H43FN6O. The van der Waals surface area contributed by atoms with Crippen LogP contribution in [0.25, 0.3) is 10.9 Å². The molecule has 4 fully saturated rings. The standard InChI is InChI=1S/C33H43FN6O/c1-20-6-7-23(28(34)14-20)15-21(2)40-19-36-30-18-25(8-9-26(30)31(40)41)37-32(39-12-10-35-11-13-39)38-29-17-24-16-27(22(29)3)33(24,4)5/h6-9,14,18-19,21-22,24,27,29,35H,10-13,15-17H2,1-5H3,(H,37,38)/t21-,22+,24-,27+,29+/m1/s1. The molecule has 3 saturated carbocycles. The Morgan fingerprint density at radius 2 is 1.98 bits per heavy atom. The smallest absolute Gasteiger partial charge is 0.261 e. The van der Waals surface area contributed by atoms with Crippen molar-refractivity contribution in [2.24, 2.45) is 28.2 Å². The summed E-state index contributed by atoms with van der Waals surface area (Å²) in [6.07, 6.45) is 4.49. The average molecular weight is 559 g/mol. The first-order chi connectivity index (χ1) is 19.6. The van der Waals surface area contributed by atoms with Crippen LogP contribution in [0.1, 0.15) is 57.7 Å². The number of hydrogen-bond donors (Lipinski definition) is 2. The summed E-state index contributed by atoms with van der Waals surface area (Å²) in [4.78, 5) is 25.8. The lowest BCUT2D eigenvalue weighted by molar-refractivity contribution is -0.108. The molecule has 0 unspecified atom stereocenters. The topological polar surface area (TPSA) is 74.6 Å². The first kappa shape index (κ1) is 27.9. The van der Waals surface area contributed by atoms with E-state index < -0.39 is 0 Å². The van der Waals surface area contributed by atoms with E-state index >= 15 is 0 Å². The van der Waals surface area contributed by atoms with Gasteiger partial charge in [-0.2, -0.15) is 0 Å². The lowest BCUT2D eigenvalue weighted by atomic mass is 9.45. The third-order valence-electron chi connectivity index (χ3n) is 10.3. The van der Waals surface area contributed by atoms with E-state index in [0.717, 1.165) is 61.6 Å². The van der Waals surface area contributed by atoms with Gasteiger partial charge in [0, 0.05) is 37.9 Å². The molecule has 2 aromatic carbocycles. The molecule has 0 radical (unpaired) electrons. The Kier molecular flexibility index (Phi) is 7.39. The molecule has 5 atom stereocenters. The molecular weight excluding hydrogens is 515 g/mol. The molecule has 8 heteroatoms. The van der Waals surface area contributed by atoms with Crippen LogP contribution in [0, 0.1) is 35.9 Å². The van der Waals surface area contributed by atoms with Crippen molar-refractivity contribution in [1.82, 2.24) is 19.8 Å². The number of anilines is 1. The van der Waals surface area contributed by atoms with Crippen molar-refractivity contribution in [1.29, 1.82) is 0 Å². The molecule has 7 nitrogen and oxygen atoms in total. The van der Waals surface area contributed by atoms with Gasteiger partial charge in [-0.25, -0.2) is 14.4 Å². The first-order valence-corrected chi connectivity index (χ1v) is 15.2. The Morgan fingerprint density at radius 1 is 1.20 bits per heavy atom. The largest absolute Gasteiger partial charge is 0.340 e. The van der Waals surface area contributed by atoms with Crippen LogP contribution in [0.15, 0.2) is 52.5 Å². The average Bonchev–Trinajstić information content (AvgIpc) is 2.95. The number of piperazine rings is 1. The summed E-state index contributed by atoms with van der Waals surface area (Å²) in [5, 5.41) is 7.61. The zero-order chi connectivity index (χ0) is 28.9. The molecule has 2 heterocycles. The van der Waals surface area contributed by atoms with Crippen LogP contribution in [-0.2, 0) is 6.42 Å². The highest BCUT2D eigenvalue weighted by Gasteiger charge is 2.56. The van der Waals surface area contributed by atoms with Crippen LogP contribution in [0.4, 0.5) is 10.1 Å². The van der Waals surface area contributed by atoms with Crippen LogP contribution >= 0.6 is 0 Å². The monoisotopic (exact) mass is 558 g/mol. The Bertz CT molecular complexity index is 1520. The van der Waals surface area contributed by atoms with Crippen LogP contribution in [0.3, 0.4) is 0 Å². The predicted octanol–water partition coefficient (Wildman–Crippen LogP) is 5.39. The fraction of sp³-hybridized carbons (Fsp3) is 0.545. The molecule has 7 rings (SSSR count). The number of rotatable bonds is 5. The van der Waals surface area contributed by atoms with Crippen molar-refractivity contribution < 1.29 is 4.39 Å². The van der Waals surface area contributed by atoms with Gasteiger partial charge in [0.05, 0.1) is 23.3 Å². The highest BCUT2D eigenvalue weighted by Crippen LogP contribution is 2.61. The van der Waals surface area contributed by atoms with Gasteiger partial charge in [-0.1, -0.05) is 32.9 Å². The number of hydrogen-bond acceptors (Lipinski definition) is 4. The van der Waals surface area contributed by atoms with Crippen molar-refractivity contribution in [3.8, 4) is 0 Å². The van der Waals surface area contributed by atoms with Gasteiger partial charge < -0.3 is 15.5 Å². The maximum atomic E-state index is 14.5. The van der Waals surface area contributed by atoms with Gasteiger partial charge in [0.2, 0.25) is 0 Å². The first-order valence-electron chi connectivity index (χ1n) is 15.2. The minimum absolute atomic E-state index is 0.115. The lowest BCUT2D eigenvalue weighted by Crippen LogP contribution is -2.57. The van der Waals surface area contributed by atoms with Gasteiger partial charge in [-0.15, -0.1) is 0 Å². The van der Waals surface area contributed by atoms with E-state index in [-0.39, 0.29) is 17.4 Å². The van der Waals surface area contributed by atoms with Crippen LogP contribution in [-0.4, -0.2) is 52.6 Å². The number of aromatic nitrogens is 2. The Hall–Kier alpha value is -3.26. The second-order valence-corrected chi connectivity index (χ2v) is 13.2. The van der Waals surface area contributed by atoms with Gasteiger partial charge in [0.25, 0.3) is 5.56 Å². The molecule has 0 amide bonds. The zero-order valence-electron chi connectivity index (χ0n) is 25.0. The SMILES string of the molecule is Cc1ccc(C[C@@H](C)n2cnc3cc(NC(=N[C@H]4C[C@H]5C[C@@H]([C@@H]4C)C5(C)C)N4CCNCC4)ccc3c2=O)c(F)c1. The van der Waals surface area contributed by atoms with Crippen molar-refractivity contribution in [3.05, 3.63) is 70.0 Å². The van der Waals surface area contributed by atoms with Crippen molar-refractivity contribution in [3.63, 3.8) is 0 Å². The Balaban J connectivity index is 1.24. The summed E-state index contributed by atoms with van der Waals surface area (Å²) in [5.41, 5.74) is 3.31. The molecule has 4 aliphatic rings. The summed E-state index contributed by atoms with van der Waals surface area (Å²) in [7, 11) is 0. The summed E-state index contributed by atoms with van der Waals surface area (Å²) in [6, 6.07) is 11.1. The third-order valence-corrected chi connectivity index (χ3v) is 10.3. The maximum Gasteiger partial charge on any atom is 0.261 e. The normalized spacial score (nSPS) is 26.5. The van der Waals surface area contributed by atoms with Gasteiger partial charge in [0.1, 0.15) is 5.82 Å². The van der Waals surface area contributed by atoms with Crippen LogP contribution in [0.5, 0.6) is 0 Å². The number of guanidine groups is 1. The van der Waals surface area contributed by atoms with Crippen LogP contribution in [0.2, 0.25) is 0 Å². The molecule has 3 aliphatic carbocycles. The minimum Gasteiger partial charge on any atom is -0.340 e. The Labute approximate surface area is 242 Å². The molecule has 1 aromatic heterocycles. The summed E-state index contributed by atoms with van der Waals surface area (Å²) in [6.45, 7) is 14.7. The van der Waals surface area contributed by atoms with E-state index in [1.54, 1.807) is 17.0 Å². The van der Waals surface area contributed by atoms with Crippen molar-refractivity contribution >= 4 is 22.5 Å². The second-order valence-electron chi connectivity index (χ2n) is 13.2. The number of halogens is 1. The van der Waals surface area contributed by atoms with Gasteiger partial charge >= 0.3 is 0 Å². The zero-order valence-corrected chi connectivity index (χ0v) is 25.0.